The van der Waals surface area contributed by atoms with Crippen molar-refractivity contribution in [1.29, 1.82) is 0 Å². The van der Waals surface area contributed by atoms with Crippen LogP contribution >= 0.6 is 0 Å². The molecule has 0 unspecified atom stereocenters. The second kappa shape index (κ2) is 7.71. The molecule has 0 bridgehead atoms. The van der Waals surface area contributed by atoms with Gasteiger partial charge in [-0.2, -0.15) is 5.10 Å². The summed E-state index contributed by atoms with van der Waals surface area (Å²) in [5, 5.41) is 16.4. The van der Waals surface area contributed by atoms with Crippen LogP contribution in [0, 0.1) is 0 Å². The van der Waals surface area contributed by atoms with Gasteiger partial charge >= 0.3 is 0 Å². The van der Waals surface area contributed by atoms with Gasteiger partial charge in [0, 0.05) is 24.9 Å². The van der Waals surface area contributed by atoms with E-state index in [0.29, 0.717) is 6.61 Å². The van der Waals surface area contributed by atoms with Gasteiger partial charge in [0.1, 0.15) is 0 Å². The normalized spacial score (nSPS) is 10.8. The van der Waals surface area contributed by atoms with Crippen LogP contribution in [0.2, 0.25) is 0 Å². The van der Waals surface area contributed by atoms with Crippen LogP contribution in [0.25, 0.3) is 5.69 Å². The highest BCUT2D eigenvalue weighted by Gasteiger charge is 1.99. The lowest BCUT2D eigenvalue weighted by atomic mass is 10.2. The fourth-order valence-electron chi connectivity index (χ4n) is 1.94. The first-order valence-electron chi connectivity index (χ1n) is 6.80. The molecule has 0 aliphatic rings. The topological polar surface area (TPSA) is 50.1 Å². The molecule has 102 valence electrons. The molecule has 0 aliphatic heterocycles. The van der Waals surface area contributed by atoms with Crippen molar-refractivity contribution in [3.8, 4) is 5.69 Å². The zero-order chi connectivity index (χ0) is 13.3. The molecular weight excluding hydrogens is 238 g/mol. The molecule has 1 aromatic carbocycles. The number of aromatic nitrogens is 2. The summed E-state index contributed by atoms with van der Waals surface area (Å²) in [5.41, 5.74) is 2.27. The monoisotopic (exact) mass is 259 g/mol. The maximum atomic E-state index is 8.68. The molecule has 0 saturated heterocycles. The van der Waals surface area contributed by atoms with Gasteiger partial charge in [-0.25, -0.2) is 4.68 Å². The third-order valence-corrected chi connectivity index (χ3v) is 3.00. The Morgan fingerprint density at radius 3 is 2.74 bits per heavy atom. The number of benzene rings is 1. The largest absolute Gasteiger partial charge is 0.396 e. The highest BCUT2D eigenvalue weighted by atomic mass is 16.2. The smallest absolute Gasteiger partial charge is 0.0645 e. The van der Waals surface area contributed by atoms with Crippen LogP contribution in [0.4, 0.5) is 0 Å². The lowest BCUT2D eigenvalue weighted by molar-refractivity contribution is 0.283. The second-order valence-electron chi connectivity index (χ2n) is 4.59. The van der Waals surface area contributed by atoms with E-state index >= 15 is 0 Å². The van der Waals surface area contributed by atoms with Gasteiger partial charge in [-0.15, -0.1) is 0 Å². The van der Waals surface area contributed by atoms with E-state index in [0.717, 1.165) is 38.0 Å². The van der Waals surface area contributed by atoms with Crippen LogP contribution in [0.5, 0.6) is 0 Å². The van der Waals surface area contributed by atoms with Crippen molar-refractivity contribution < 1.29 is 5.11 Å². The molecule has 2 rings (SSSR count). The minimum atomic E-state index is 0.295. The van der Waals surface area contributed by atoms with E-state index in [2.05, 4.69) is 16.6 Å². The maximum Gasteiger partial charge on any atom is 0.0645 e. The van der Waals surface area contributed by atoms with Gasteiger partial charge in [0.25, 0.3) is 0 Å². The summed E-state index contributed by atoms with van der Waals surface area (Å²) < 4.78 is 1.89. The molecule has 0 atom stereocenters. The molecule has 1 heterocycles. The predicted octanol–water partition coefficient (Wildman–Crippen LogP) is 2.12. The van der Waals surface area contributed by atoms with E-state index in [-0.39, 0.29) is 0 Å². The van der Waals surface area contributed by atoms with Crippen LogP contribution < -0.4 is 5.32 Å². The number of hydrogen-bond acceptors (Lipinski definition) is 3. The predicted molar refractivity (Wildman–Crippen MR) is 76.2 cm³/mol. The van der Waals surface area contributed by atoms with Crippen molar-refractivity contribution in [2.75, 3.05) is 13.2 Å². The number of para-hydroxylation sites is 1. The summed E-state index contributed by atoms with van der Waals surface area (Å²) in [6.07, 6.45) is 7.03. The van der Waals surface area contributed by atoms with Crippen molar-refractivity contribution >= 4 is 0 Å². The molecule has 4 nitrogen and oxygen atoms in total. The standard InChI is InChI=1S/C15H21N3O/c19-10-6-2-5-9-16-11-14-12-17-18(13-14)15-7-3-1-4-8-15/h1,3-4,7-8,12-13,16,19H,2,5-6,9-11H2. The molecule has 0 aliphatic carbocycles. The molecule has 4 heteroatoms. The molecule has 0 radical (unpaired) electrons. The van der Waals surface area contributed by atoms with Crippen LogP contribution in [0.1, 0.15) is 24.8 Å². The summed E-state index contributed by atoms with van der Waals surface area (Å²) in [6.45, 7) is 2.12. The Kier molecular flexibility index (Phi) is 5.59. The Labute approximate surface area is 114 Å². The van der Waals surface area contributed by atoms with Crippen molar-refractivity contribution in [2.24, 2.45) is 0 Å². The lowest BCUT2D eigenvalue weighted by Crippen LogP contribution is -2.14. The number of nitrogens with one attached hydrogen (secondary N) is 1. The minimum absolute atomic E-state index is 0.295. The zero-order valence-electron chi connectivity index (χ0n) is 11.1. The van der Waals surface area contributed by atoms with Crippen molar-refractivity contribution in [2.45, 2.75) is 25.8 Å². The first-order chi connectivity index (χ1) is 9.40. The molecule has 19 heavy (non-hydrogen) atoms. The summed E-state index contributed by atoms with van der Waals surface area (Å²) in [7, 11) is 0. The molecule has 2 N–H and O–H groups in total. The van der Waals surface area contributed by atoms with E-state index in [1.807, 2.05) is 41.2 Å². The first kappa shape index (κ1) is 13.8. The SMILES string of the molecule is OCCCCCNCc1cnn(-c2ccccc2)c1. The fraction of sp³-hybridized carbons (Fsp3) is 0.400. The molecular formula is C15H21N3O. The molecule has 0 fully saturated rings. The summed E-state index contributed by atoms with van der Waals surface area (Å²) in [5.74, 6) is 0. The zero-order valence-corrected chi connectivity index (χ0v) is 11.1. The highest BCUT2D eigenvalue weighted by Crippen LogP contribution is 2.07. The maximum absolute atomic E-state index is 8.68. The molecule has 0 amide bonds. The van der Waals surface area contributed by atoms with Gasteiger partial charge in [-0.05, 0) is 37.9 Å². The third-order valence-electron chi connectivity index (χ3n) is 3.00. The van der Waals surface area contributed by atoms with Crippen molar-refractivity contribution in [3.63, 3.8) is 0 Å². The minimum Gasteiger partial charge on any atom is -0.396 e. The van der Waals surface area contributed by atoms with Gasteiger partial charge in [0.2, 0.25) is 0 Å². The summed E-state index contributed by atoms with van der Waals surface area (Å²) in [6, 6.07) is 10.1. The number of aliphatic hydroxyl groups excluding tert-OH is 1. The second-order valence-corrected chi connectivity index (χ2v) is 4.59. The van der Waals surface area contributed by atoms with Crippen molar-refractivity contribution in [1.82, 2.24) is 15.1 Å². The average molecular weight is 259 g/mol. The molecule has 2 aromatic rings. The van der Waals surface area contributed by atoms with Crippen LogP contribution in [0.3, 0.4) is 0 Å². The number of hydrogen-bond donors (Lipinski definition) is 2. The number of aliphatic hydroxyl groups is 1. The van der Waals surface area contributed by atoms with Crippen LogP contribution in [-0.4, -0.2) is 28.0 Å². The van der Waals surface area contributed by atoms with Crippen LogP contribution in [-0.2, 0) is 6.54 Å². The Bertz CT molecular complexity index is 467. The van der Waals surface area contributed by atoms with E-state index < -0.39 is 0 Å². The number of unbranched alkanes of at least 4 members (excludes halogenated alkanes) is 2. The van der Waals surface area contributed by atoms with E-state index in [1.54, 1.807) is 0 Å². The van der Waals surface area contributed by atoms with Crippen LogP contribution in [0.15, 0.2) is 42.7 Å². The van der Waals surface area contributed by atoms with Crippen molar-refractivity contribution in [3.05, 3.63) is 48.3 Å². The number of rotatable bonds is 8. The molecule has 0 spiro atoms. The van der Waals surface area contributed by atoms with E-state index in [1.165, 1.54) is 5.56 Å². The van der Waals surface area contributed by atoms with Gasteiger partial charge in [-0.1, -0.05) is 18.2 Å². The fourth-order valence-corrected chi connectivity index (χ4v) is 1.94. The summed E-state index contributed by atoms with van der Waals surface area (Å²) >= 11 is 0. The summed E-state index contributed by atoms with van der Waals surface area (Å²) in [4.78, 5) is 0. The Morgan fingerprint density at radius 1 is 1.11 bits per heavy atom. The number of nitrogens with zero attached hydrogens (tertiary/aromatic N) is 2. The molecule has 1 aromatic heterocycles. The van der Waals surface area contributed by atoms with Gasteiger partial charge in [-0.3, -0.25) is 0 Å². The first-order valence-corrected chi connectivity index (χ1v) is 6.80. The van der Waals surface area contributed by atoms with Gasteiger partial charge in [0.15, 0.2) is 0 Å². The van der Waals surface area contributed by atoms with Gasteiger partial charge < -0.3 is 10.4 Å². The Morgan fingerprint density at radius 2 is 1.95 bits per heavy atom. The Hall–Kier alpha value is -1.65. The third kappa shape index (κ3) is 4.50. The van der Waals surface area contributed by atoms with E-state index in [9.17, 15) is 0 Å². The lowest BCUT2D eigenvalue weighted by Gasteiger charge is -2.02. The van der Waals surface area contributed by atoms with Gasteiger partial charge in [0.05, 0.1) is 11.9 Å². The van der Waals surface area contributed by atoms with E-state index in [4.69, 9.17) is 5.11 Å². The quantitative estimate of drug-likeness (QED) is 0.714. The Balaban J connectivity index is 1.75. The average Bonchev–Trinajstić information content (AvgIpc) is 2.92. The molecule has 0 saturated carbocycles. The highest BCUT2D eigenvalue weighted by molar-refractivity contribution is 5.30.